The molecule has 0 heterocycles. The molecule has 0 spiro atoms. The zero-order chi connectivity index (χ0) is 12.8. The summed E-state index contributed by atoms with van der Waals surface area (Å²) >= 11 is 2.17. The van der Waals surface area contributed by atoms with Crippen molar-refractivity contribution in [3.05, 3.63) is 20.7 Å². The van der Waals surface area contributed by atoms with Crippen molar-refractivity contribution in [1.82, 2.24) is 0 Å². The van der Waals surface area contributed by atoms with Gasteiger partial charge in [-0.05, 0) is 0 Å². The van der Waals surface area contributed by atoms with Crippen LogP contribution < -0.4 is 0 Å². The molecule has 85 valence electrons. The quantitative estimate of drug-likeness (QED) is 0.643. The molecule has 0 radical (unpaired) electrons. The maximum absolute atomic E-state index is 8.00. The number of hydrogen-bond acceptors (Lipinski definition) is 2. The molecule has 0 amide bonds. The third-order valence-electron chi connectivity index (χ3n) is 2.97. The van der Waals surface area contributed by atoms with Crippen molar-refractivity contribution >= 4 is 13.6 Å². The van der Waals surface area contributed by atoms with Gasteiger partial charge in [0.2, 0.25) is 0 Å². The molecule has 3 heteroatoms. The van der Waals surface area contributed by atoms with E-state index in [1.807, 2.05) is 13.6 Å². The summed E-state index contributed by atoms with van der Waals surface area (Å²) in [7, 11) is 0. The fraction of sp³-hybridized carbons (Fsp3) is 0.500. The Kier molecular flexibility index (Phi) is 7.78. The van der Waals surface area contributed by atoms with Crippen molar-refractivity contribution in [1.29, 1.82) is 0 Å². The van der Waals surface area contributed by atoms with E-state index < -0.39 is 0 Å². The molecular formula is C12H19MoO2. The van der Waals surface area contributed by atoms with Gasteiger partial charge in [-0.25, -0.2) is 0 Å². The third kappa shape index (κ3) is 3.24. The minimum atomic E-state index is 0.318. The first-order valence-corrected chi connectivity index (χ1v) is 5.53. The van der Waals surface area contributed by atoms with E-state index in [1.165, 1.54) is 16.7 Å². The van der Waals surface area contributed by atoms with Crippen LogP contribution in [0.15, 0.2) is 20.7 Å². The van der Waals surface area contributed by atoms with Gasteiger partial charge in [0, 0.05) is 0 Å². The van der Waals surface area contributed by atoms with Gasteiger partial charge in [-0.2, -0.15) is 0 Å². The summed E-state index contributed by atoms with van der Waals surface area (Å²) in [6.07, 6.45) is 0. The average Bonchev–Trinajstić information content (AvgIpc) is 2.40. The number of carbonyl (C=O) groups excluding carboxylic acids is 2. The topological polar surface area (TPSA) is 34.1 Å². The van der Waals surface area contributed by atoms with Crippen molar-refractivity contribution < 1.29 is 29.4 Å². The van der Waals surface area contributed by atoms with Gasteiger partial charge in [-0.1, -0.05) is 0 Å². The van der Waals surface area contributed by atoms with Crippen molar-refractivity contribution in [3.63, 3.8) is 0 Å². The molecule has 0 aliphatic heterocycles. The Labute approximate surface area is 104 Å². The van der Waals surface area contributed by atoms with Crippen LogP contribution >= 0.6 is 0 Å². The second-order valence-electron chi connectivity index (χ2n) is 3.83. The molecule has 1 aliphatic carbocycles. The van der Waals surface area contributed by atoms with Crippen molar-refractivity contribution in [2.24, 2.45) is 5.41 Å². The SMILES string of the molecule is C=O.C=O.CC1=C(C)C(C)(C)[C]([Mo])=C1C. The van der Waals surface area contributed by atoms with Crippen molar-refractivity contribution in [2.45, 2.75) is 34.6 Å². The van der Waals surface area contributed by atoms with Crippen LogP contribution in [-0.2, 0) is 29.4 Å². The summed E-state index contributed by atoms with van der Waals surface area (Å²) in [6.45, 7) is 15.3. The molecule has 0 unspecified atom stereocenters. The van der Waals surface area contributed by atoms with Gasteiger partial charge in [0.1, 0.15) is 13.6 Å². The molecule has 0 saturated carbocycles. The predicted molar refractivity (Wildman–Crippen MR) is 59.1 cm³/mol. The first-order valence-electron chi connectivity index (χ1n) is 4.53. The number of allylic oxidation sites excluding steroid dienone is 4. The van der Waals surface area contributed by atoms with Crippen molar-refractivity contribution in [2.75, 3.05) is 0 Å². The fourth-order valence-electron chi connectivity index (χ4n) is 1.56. The van der Waals surface area contributed by atoms with Gasteiger partial charge in [0.05, 0.1) is 0 Å². The summed E-state index contributed by atoms with van der Waals surface area (Å²) in [5.41, 5.74) is 4.85. The van der Waals surface area contributed by atoms with E-state index in [4.69, 9.17) is 9.59 Å². The molecule has 0 aromatic heterocycles. The number of carbonyl (C=O) groups is 2. The van der Waals surface area contributed by atoms with Crippen LogP contribution in [0.1, 0.15) is 34.6 Å². The molecule has 0 bridgehead atoms. The Morgan fingerprint density at radius 3 is 1.33 bits per heavy atom. The summed E-state index contributed by atoms with van der Waals surface area (Å²) in [5.74, 6) is 0. The van der Waals surface area contributed by atoms with E-state index in [9.17, 15) is 0 Å². The van der Waals surface area contributed by atoms with E-state index in [2.05, 4.69) is 54.4 Å². The predicted octanol–water partition coefficient (Wildman–Crippen LogP) is 2.81. The van der Waals surface area contributed by atoms with Gasteiger partial charge >= 0.3 is 80.5 Å². The van der Waals surface area contributed by atoms with Crippen LogP contribution in [0.5, 0.6) is 0 Å². The van der Waals surface area contributed by atoms with Crippen molar-refractivity contribution in [3.8, 4) is 0 Å². The molecule has 2 nitrogen and oxygen atoms in total. The summed E-state index contributed by atoms with van der Waals surface area (Å²) in [5, 5.41) is 0. The second-order valence-corrected chi connectivity index (χ2v) is 4.83. The van der Waals surface area contributed by atoms with Gasteiger partial charge in [0.25, 0.3) is 0 Å². The molecule has 0 atom stereocenters. The van der Waals surface area contributed by atoms with Crippen LogP contribution in [0.3, 0.4) is 0 Å². The van der Waals surface area contributed by atoms with Gasteiger partial charge in [0.15, 0.2) is 0 Å². The second kappa shape index (κ2) is 6.89. The molecule has 0 saturated heterocycles. The standard InChI is InChI=1S/C10H15.2CH2O.Mo/c1-7-6-10(4,5)9(3)8(7)2;2*1-2;/h1-5H3;2*1H2;. The Morgan fingerprint density at radius 2 is 1.27 bits per heavy atom. The first kappa shape index (κ1) is 16.9. The summed E-state index contributed by atoms with van der Waals surface area (Å²) in [6, 6.07) is 0. The van der Waals surface area contributed by atoms with Crippen LogP contribution in [-0.4, -0.2) is 13.6 Å². The number of rotatable bonds is 0. The normalized spacial score (nSPS) is 17.7. The molecule has 0 aromatic rings. The summed E-state index contributed by atoms with van der Waals surface area (Å²) < 4.78 is 1.54. The van der Waals surface area contributed by atoms with Gasteiger partial charge in [-0.3, -0.25) is 0 Å². The van der Waals surface area contributed by atoms with Crippen LogP contribution in [0.2, 0.25) is 0 Å². The maximum atomic E-state index is 8.00. The number of hydrogen-bond donors (Lipinski definition) is 0. The molecule has 0 aromatic carbocycles. The molecular weight excluding hydrogens is 272 g/mol. The molecule has 0 fully saturated rings. The van der Waals surface area contributed by atoms with E-state index in [0.29, 0.717) is 5.41 Å². The monoisotopic (exact) mass is 293 g/mol. The van der Waals surface area contributed by atoms with Crippen LogP contribution in [0, 0.1) is 5.41 Å². The van der Waals surface area contributed by atoms with Gasteiger partial charge in [-0.15, -0.1) is 0 Å². The van der Waals surface area contributed by atoms with E-state index >= 15 is 0 Å². The van der Waals surface area contributed by atoms with E-state index in [0.717, 1.165) is 0 Å². The van der Waals surface area contributed by atoms with Crippen LogP contribution in [0.4, 0.5) is 0 Å². The Bertz CT molecular complexity index is 260. The molecule has 15 heavy (non-hydrogen) atoms. The summed E-state index contributed by atoms with van der Waals surface area (Å²) in [4.78, 5) is 16.0. The van der Waals surface area contributed by atoms with Crippen LogP contribution in [0.25, 0.3) is 0 Å². The molecule has 1 rings (SSSR count). The molecule has 1 aliphatic rings. The van der Waals surface area contributed by atoms with Gasteiger partial charge < -0.3 is 9.59 Å². The average molecular weight is 291 g/mol. The van der Waals surface area contributed by atoms with E-state index in [1.54, 1.807) is 3.96 Å². The zero-order valence-corrected chi connectivity index (χ0v) is 12.1. The first-order chi connectivity index (χ1) is 6.89. The third-order valence-corrected chi connectivity index (χ3v) is 4.98. The Morgan fingerprint density at radius 1 is 0.933 bits per heavy atom. The minimum absolute atomic E-state index is 0.318. The fourth-order valence-corrected chi connectivity index (χ4v) is 2.31. The Balaban J connectivity index is 0. The molecule has 0 N–H and O–H groups in total. The van der Waals surface area contributed by atoms with E-state index in [-0.39, 0.29) is 0 Å². The zero-order valence-electron chi connectivity index (χ0n) is 10.1. The Hall–Kier alpha value is -0.492.